The number of fused-ring (bicyclic) bond motifs is 3. The summed E-state index contributed by atoms with van der Waals surface area (Å²) in [5.74, 6) is 1.93. The molecule has 4 N–H and O–H groups in total. The van der Waals surface area contributed by atoms with E-state index in [0.29, 0.717) is 35.5 Å². The first kappa shape index (κ1) is 23.2. The first-order valence-corrected chi connectivity index (χ1v) is 13.0. The molecule has 6 rings (SSSR count). The molecule has 1 aliphatic carbocycles. The van der Waals surface area contributed by atoms with E-state index in [1.807, 2.05) is 0 Å². The molecule has 9 heteroatoms. The smallest absolute Gasteiger partial charge is 0.151 e. The molecule has 3 fully saturated rings. The Hall–Kier alpha value is -3.17. The minimum absolute atomic E-state index is 0.183. The number of hydrogen-bond donors (Lipinski definition) is 3. The van der Waals surface area contributed by atoms with Crippen molar-refractivity contribution in [1.82, 2.24) is 15.0 Å². The third-order valence-corrected chi connectivity index (χ3v) is 7.75. The number of nitrogens with zero attached hydrogens (tertiary/aromatic N) is 4. The van der Waals surface area contributed by atoms with E-state index in [2.05, 4.69) is 40.3 Å². The second-order valence-electron chi connectivity index (χ2n) is 10.2. The average molecular weight is 491 g/mol. The number of nitrogens with one attached hydrogen (secondary N) is 1. The topological polar surface area (TPSA) is 119 Å². The van der Waals surface area contributed by atoms with Crippen LogP contribution in [0.5, 0.6) is 5.75 Å². The van der Waals surface area contributed by atoms with Crippen molar-refractivity contribution >= 4 is 28.4 Å². The lowest BCUT2D eigenvalue weighted by molar-refractivity contribution is 0.0303. The molecule has 36 heavy (non-hydrogen) atoms. The Morgan fingerprint density at radius 3 is 2.64 bits per heavy atom. The maximum absolute atomic E-state index is 9.98. The molecule has 2 saturated heterocycles. The third-order valence-electron chi connectivity index (χ3n) is 7.75. The van der Waals surface area contributed by atoms with E-state index in [0.717, 1.165) is 79.3 Å². The van der Waals surface area contributed by atoms with Gasteiger partial charge in [0.05, 0.1) is 36.8 Å². The highest BCUT2D eigenvalue weighted by molar-refractivity contribution is 5.97. The molecule has 2 aromatic heterocycles. The second kappa shape index (κ2) is 9.37. The van der Waals surface area contributed by atoms with E-state index < -0.39 is 0 Å². The van der Waals surface area contributed by atoms with Crippen LogP contribution in [0, 0.1) is 0 Å². The highest BCUT2D eigenvalue weighted by Crippen LogP contribution is 2.39. The van der Waals surface area contributed by atoms with Crippen molar-refractivity contribution in [2.24, 2.45) is 0 Å². The van der Waals surface area contributed by atoms with E-state index in [1.54, 1.807) is 13.3 Å². The third kappa shape index (κ3) is 4.20. The van der Waals surface area contributed by atoms with Crippen LogP contribution in [-0.2, 0) is 11.2 Å². The van der Waals surface area contributed by atoms with Crippen LogP contribution in [0.2, 0.25) is 0 Å². The number of aliphatic hydroxyl groups excluding tert-OH is 1. The maximum atomic E-state index is 9.98. The van der Waals surface area contributed by atoms with Gasteiger partial charge in [0, 0.05) is 30.9 Å². The van der Waals surface area contributed by atoms with Crippen LogP contribution in [0.15, 0.2) is 24.4 Å². The first-order valence-electron chi connectivity index (χ1n) is 13.0. The number of anilines is 3. The van der Waals surface area contributed by atoms with Gasteiger partial charge in [0.25, 0.3) is 0 Å². The second-order valence-corrected chi connectivity index (χ2v) is 10.2. The zero-order chi connectivity index (χ0) is 24.8. The summed E-state index contributed by atoms with van der Waals surface area (Å²) in [6, 6.07) is 6.45. The van der Waals surface area contributed by atoms with Gasteiger partial charge in [-0.15, -0.1) is 0 Å². The van der Waals surface area contributed by atoms with E-state index in [-0.39, 0.29) is 12.1 Å². The zero-order valence-corrected chi connectivity index (χ0v) is 20.9. The molecule has 4 heterocycles. The van der Waals surface area contributed by atoms with Crippen molar-refractivity contribution < 1.29 is 14.6 Å². The van der Waals surface area contributed by atoms with Crippen molar-refractivity contribution in [2.45, 2.75) is 69.8 Å². The van der Waals surface area contributed by atoms with E-state index in [4.69, 9.17) is 25.2 Å². The van der Waals surface area contributed by atoms with Crippen LogP contribution >= 0.6 is 0 Å². The number of aryl methyl sites for hydroxylation is 1. The van der Waals surface area contributed by atoms with Crippen LogP contribution < -0.4 is 20.7 Å². The number of methoxy groups -OCH3 is 1. The number of nitrogens with two attached hydrogens (primary N) is 1. The largest absolute Gasteiger partial charge is 0.495 e. The fraction of sp³-hybridized carbons (Fsp3) is 0.519. The van der Waals surface area contributed by atoms with Gasteiger partial charge < -0.3 is 30.5 Å². The van der Waals surface area contributed by atoms with Gasteiger partial charge in [0.2, 0.25) is 0 Å². The van der Waals surface area contributed by atoms with Crippen LogP contribution in [0.3, 0.4) is 0 Å². The van der Waals surface area contributed by atoms with Crippen molar-refractivity contribution in [3.8, 4) is 16.9 Å². The molecular weight excluding hydrogens is 456 g/mol. The summed E-state index contributed by atoms with van der Waals surface area (Å²) < 4.78 is 11.9. The van der Waals surface area contributed by atoms with Gasteiger partial charge in [-0.2, -0.15) is 0 Å². The highest BCUT2D eigenvalue weighted by atomic mass is 16.5. The van der Waals surface area contributed by atoms with Crippen molar-refractivity contribution in [2.75, 3.05) is 36.1 Å². The fourth-order valence-electron chi connectivity index (χ4n) is 5.87. The SMILES string of the molecule is CCc1nc2c(N)ncc(-c3ccc(N4CC5CCC(C4)O5)c(OC)c3)c2nc1N[C@@H]1CC[C@H](O)C1. The van der Waals surface area contributed by atoms with Gasteiger partial charge in [-0.05, 0) is 56.2 Å². The van der Waals surface area contributed by atoms with Crippen LogP contribution in [0.25, 0.3) is 22.2 Å². The molecule has 4 atom stereocenters. The van der Waals surface area contributed by atoms with E-state index >= 15 is 0 Å². The fourth-order valence-corrected chi connectivity index (χ4v) is 5.87. The van der Waals surface area contributed by atoms with Crippen LogP contribution in [0.4, 0.5) is 17.3 Å². The number of morpholine rings is 1. The molecular formula is C27H34N6O3. The summed E-state index contributed by atoms with van der Waals surface area (Å²) in [4.78, 5) is 16.7. The first-order chi connectivity index (χ1) is 17.5. The summed E-state index contributed by atoms with van der Waals surface area (Å²) in [5.41, 5.74) is 11.3. The lowest BCUT2D eigenvalue weighted by atomic mass is 10.0. The Morgan fingerprint density at radius 1 is 1.14 bits per heavy atom. The normalized spacial score (nSPS) is 25.5. The number of hydrogen-bond acceptors (Lipinski definition) is 9. The molecule has 190 valence electrons. The number of rotatable bonds is 6. The van der Waals surface area contributed by atoms with Gasteiger partial charge in [0.15, 0.2) is 5.82 Å². The Kier molecular flexibility index (Phi) is 6.05. The number of aromatic nitrogens is 3. The maximum Gasteiger partial charge on any atom is 0.151 e. The van der Waals surface area contributed by atoms with E-state index in [9.17, 15) is 5.11 Å². The van der Waals surface area contributed by atoms with Crippen molar-refractivity contribution in [3.63, 3.8) is 0 Å². The molecule has 2 unspecified atom stereocenters. The molecule has 0 amide bonds. The number of ether oxygens (including phenoxy) is 2. The number of benzene rings is 1. The van der Waals surface area contributed by atoms with Crippen molar-refractivity contribution in [3.05, 3.63) is 30.1 Å². The Balaban J connectivity index is 1.39. The minimum Gasteiger partial charge on any atom is -0.495 e. The number of aliphatic hydroxyl groups is 1. The lowest BCUT2D eigenvalue weighted by Crippen LogP contribution is -2.42. The van der Waals surface area contributed by atoms with Gasteiger partial charge in [-0.3, -0.25) is 0 Å². The Labute approximate surface area is 211 Å². The molecule has 1 saturated carbocycles. The van der Waals surface area contributed by atoms with Gasteiger partial charge in [-0.1, -0.05) is 13.0 Å². The summed E-state index contributed by atoms with van der Waals surface area (Å²) in [6.45, 7) is 3.82. The van der Waals surface area contributed by atoms with Gasteiger partial charge >= 0.3 is 0 Å². The Bertz CT molecular complexity index is 1270. The van der Waals surface area contributed by atoms with Gasteiger partial charge in [-0.25, -0.2) is 15.0 Å². The molecule has 3 aromatic rings. The molecule has 0 spiro atoms. The minimum atomic E-state index is -0.260. The summed E-state index contributed by atoms with van der Waals surface area (Å²) in [6.07, 6.45) is 7.51. The number of nitrogen functional groups attached to an aromatic ring is 1. The van der Waals surface area contributed by atoms with Crippen molar-refractivity contribution in [1.29, 1.82) is 0 Å². The molecule has 1 aromatic carbocycles. The Morgan fingerprint density at radius 2 is 1.94 bits per heavy atom. The lowest BCUT2D eigenvalue weighted by Gasteiger charge is -2.34. The number of pyridine rings is 1. The van der Waals surface area contributed by atoms with Crippen LogP contribution in [-0.4, -0.2) is 64.6 Å². The summed E-state index contributed by atoms with van der Waals surface area (Å²) in [7, 11) is 1.71. The average Bonchev–Trinajstić information content (AvgIpc) is 3.46. The molecule has 3 aliphatic rings. The monoisotopic (exact) mass is 490 g/mol. The van der Waals surface area contributed by atoms with E-state index in [1.165, 1.54) is 0 Å². The standard InChI is InChI=1S/C27H34N6O3/c1-3-21-27(30-16-5-6-17(34)11-16)32-24-20(12-29-26(28)25(24)31-21)15-4-9-22(23(10-15)35-2)33-13-18-7-8-19(14-33)36-18/h4,9-10,12,16-19,34H,3,5-8,11,13-14H2,1-2H3,(H2,28,29)(H,30,32)/t16-,17+,18?,19?/m1/s1. The predicted molar refractivity (Wildman–Crippen MR) is 140 cm³/mol. The molecule has 2 bridgehead atoms. The summed E-state index contributed by atoms with van der Waals surface area (Å²) in [5, 5.41) is 13.5. The quantitative estimate of drug-likeness (QED) is 0.477. The predicted octanol–water partition coefficient (Wildman–Crippen LogP) is 3.54. The van der Waals surface area contributed by atoms with Crippen LogP contribution in [0.1, 0.15) is 44.7 Å². The molecule has 9 nitrogen and oxygen atoms in total. The summed E-state index contributed by atoms with van der Waals surface area (Å²) >= 11 is 0. The molecule has 2 aliphatic heterocycles. The molecule has 0 radical (unpaired) electrons. The zero-order valence-electron chi connectivity index (χ0n) is 20.9. The van der Waals surface area contributed by atoms with Gasteiger partial charge in [0.1, 0.15) is 22.6 Å². The highest BCUT2D eigenvalue weighted by Gasteiger charge is 2.34.